The van der Waals surface area contributed by atoms with Crippen molar-refractivity contribution in [3.8, 4) is 5.75 Å². The molecular formula is C16H24N2O2S. The summed E-state index contributed by atoms with van der Waals surface area (Å²) >= 11 is 1.69. The molecule has 2 atom stereocenters. The Morgan fingerprint density at radius 3 is 2.76 bits per heavy atom. The molecule has 0 aliphatic carbocycles. The number of ether oxygens (including phenoxy) is 1. The highest BCUT2D eigenvalue weighted by atomic mass is 32.2. The van der Waals surface area contributed by atoms with Crippen molar-refractivity contribution in [1.29, 1.82) is 0 Å². The normalized spacial score (nSPS) is 22.1. The summed E-state index contributed by atoms with van der Waals surface area (Å²) in [4.78, 5) is 14.4. The molecule has 1 aliphatic rings. The van der Waals surface area contributed by atoms with Crippen LogP contribution in [0.2, 0.25) is 0 Å². The summed E-state index contributed by atoms with van der Waals surface area (Å²) in [5.74, 6) is 1.06. The molecule has 2 rings (SSSR count). The van der Waals surface area contributed by atoms with E-state index in [4.69, 9.17) is 4.74 Å². The summed E-state index contributed by atoms with van der Waals surface area (Å²) in [6.45, 7) is 7.73. The number of hydrogen-bond donors (Lipinski definition) is 1. The number of amides is 1. The largest absolute Gasteiger partial charge is 0.496 e. The highest BCUT2D eigenvalue weighted by Crippen LogP contribution is 2.45. The van der Waals surface area contributed by atoms with Crippen molar-refractivity contribution in [3.05, 3.63) is 29.8 Å². The van der Waals surface area contributed by atoms with Crippen LogP contribution >= 0.6 is 11.8 Å². The quantitative estimate of drug-likeness (QED) is 0.877. The first kappa shape index (κ1) is 16.2. The Labute approximate surface area is 131 Å². The van der Waals surface area contributed by atoms with Crippen molar-refractivity contribution in [2.75, 3.05) is 20.2 Å². The van der Waals surface area contributed by atoms with Crippen molar-refractivity contribution in [3.63, 3.8) is 0 Å². The van der Waals surface area contributed by atoms with Crippen molar-refractivity contribution in [2.24, 2.45) is 0 Å². The smallest absolute Gasteiger partial charge is 0.236 e. The molecule has 1 saturated heterocycles. The summed E-state index contributed by atoms with van der Waals surface area (Å²) in [5.41, 5.74) is 1.08. The van der Waals surface area contributed by atoms with Crippen molar-refractivity contribution in [1.82, 2.24) is 10.2 Å². The lowest BCUT2D eigenvalue weighted by molar-refractivity contribution is -0.129. The highest BCUT2D eigenvalue weighted by molar-refractivity contribution is 8.01. The Morgan fingerprint density at radius 1 is 1.38 bits per heavy atom. The Morgan fingerprint density at radius 2 is 2.10 bits per heavy atom. The number of thioether (sulfide) groups is 1. The van der Waals surface area contributed by atoms with Gasteiger partial charge >= 0.3 is 0 Å². The second-order valence-corrected chi connectivity index (χ2v) is 6.94. The third-order valence-electron chi connectivity index (χ3n) is 3.56. The van der Waals surface area contributed by atoms with Crippen LogP contribution in [-0.2, 0) is 4.79 Å². The molecule has 0 unspecified atom stereocenters. The van der Waals surface area contributed by atoms with Crippen LogP contribution in [0.1, 0.15) is 31.7 Å². The SMILES string of the molecule is COc1ccccc1[C@H]1S[C@@H](C)C(=O)N1CCNC(C)C. The van der Waals surface area contributed by atoms with Gasteiger partial charge in [-0.25, -0.2) is 0 Å². The summed E-state index contributed by atoms with van der Waals surface area (Å²) in [7, 11) is 1.67. The Balaban J connectivity index is 2.17. The number of hydrogen-bond acceptors (Lipinski definition) is 4. The molecule has 1 aromatic rings. The minimum Gasteiger partial charge on any atom is -0.496 e. The fourth-order valence-electron chi connectivity index (χ4n) is 2.49. The lowest BCUT2D eigenvalue weighted by Crippen LogP contribution is -2.38. The van der Waals surface area contributed by atoms with Crippen molar-refractivity contribution in [2.45, 2.75) is 37.4 Å². The molecule has 0 radical (unpaired) electrons. The molecule has 21 heavy (non-hydrogen) atoms. The lowest BCUT2D eigenvalue weighted by atomic mass is 10.1. The van der Waals surface area contributed by atoms with Gasteiger partial charge in [0, 0.05) is 24.7 Å². The molecule has 0 saturated carbocycles. The molecule has 1 heterocycles. The Kier molecular flexibility index (Phi) is 5.53. The van der Waals surface area contributed by atoms with Gasteiger partial charge in [0.1, 0.15) is 11.1 Å². The summed E-state index contributed by atoms with van der Waals surface area (Å²) in [6.07, 6.45) is 0. The fraction of sp³-hybridized carbons (Fsp3) is 0.562. The topological polar surface area (TPSA) is 41.6 Å². The number of carbonyl (C=O) groups is 1. The van der Waals surface area contributed by atoms with E-state index in [9.17, 15) is 4.79 Å². The number of nitrogens with zero attached hydrogens (tertiary/aromatic N) is 1. The number of rotatable bonds is 6. The van der Waals surface area contributed by atoms with Crippen LogP contribution < -0.4 is 10.1 Å². The monoisotopic (exact) mass is 308 g/mol. The van der Waals surface area contributed by atoms with Gasteiger partial charge in [-0.05, 0) is 13.0 Å². The molecule has 1 amide bonds. The molecule has 4 nitrogen and oxygen atoms in total. The zero-order valence-corrected chi connectivity index (χ0v) is 13.9. The standard InChI is InChI=1S/C16H24N2O2S/c1-11(2)17-9-10-18-15(19)12(3)21-16(18)13-7-5-6-8-14(13)20-4/h5-8,11-12,16-17H,9-10H2,1-4H3/t12-,16+/m0/s1. The van der Waals surface area contributed by atoms with E-state index in [1.807, 2.05) is 36.1 Å². The van der Waals surface area contributed by atoms with Crippen LogP contribution in [0, 0.1) is 0 Å². The van der Waals surface area contributed by atoms with E-state index in [2.05, 4.69) is 19.2 Å². The second-order valence-electron chi connectivity index (χ2n) is 5.51. The van der Waals surface area contributed by atoms with Crippen LogP contribution in [0.15, 0.2) is 24.3 Å². The Bertz CT molecular complexity index is 493. The maximum absolute atomic E-state index is 12.4. The first-order valence-corrected chi connectivity index (χ1v) is 8.31. The maximum Gasteiger partial charge on any atom is 0.236 e. The van der Waals surface area contributed by atoms with Gasteiger partial charge in [0.15, 0.2) is 0 Å². The molecule has 0 aromatic heterocycles. The van der Waals surface area contributed by atoms with E-state index in [0.29, 0.717) is 6.04 Å². The van der Waals surface area contributed by atoms with Crippen LogP contribution in [0.3, 0.4) is 0 Å². The van der Waals surface area contributed by atoms with Gasteiger partial charge in [-0.2, -0.15) is 0 Å². The number of para-hydroxylation sites is 1. The van der Waals surface area contributed by atoms with Gasteiger partial charge in [-0.15, -0.1) is 11.8 Å². The number of nitrogens with one attached hydrogen (secondary N) is 1. The van der Waals surface area contributed by atoms with Gasteiger partial charge in [0.2, 0.25) is 5.91 Å². The van der Waals surface area contributed by atoms with Crippen LogP contribution in [0.4, 0.5) is 0 Å². The molecule has 1 aliphatic heterocycles. The average molecular weight is 308 g/mol. The maximum atomic E-state index is 12.4. The van der Waals surface area contributed by atoms with E-state index in [1.54, 1.807) is 18.9 Å². The van der Waals surface area contributed by atoms with Gasteiger partial charge in [0.25, 0.3) is 0 Å². The number of benzene rings is 1. The first-order chi connectivity index (χ1) is 10.0. The van der Waals surface area contributed by atoms with E-state index in [0.717, 1.165) is 24.4 Å². The van der Waals surface area contributed by atoms with Crippen LogP contribution in [0.25, 0.3) is 0 Å². The number of methoxy groups -OCH3 is 1. The highest BCUT2D eigenvalue weighted by Gasteiger charge is 2.39. The predicted octanol–water partition coefficient (Wildman–Crippen LogP) is 2.66. The summed E-state index contributed by atoms with van der Waals surface area (Å²) in [5, 5.41) is 3.41. The fourth-order valence-corrected chi connectivity index (χ4v) is 3.82. The molecule has 0 bridgehead atoms. The molecule has 1 N–H and O–H groups in total. The predicted molar refractivity (Wildman–Crippen MR) is 87.6 cm³/mol. The first-order valence-electron chi connectivity index (χ1n) is 7.36. The number of carbonyl (C=O) groups excluding carboxylic acids is 1. The molecule has 1 fully saturated rings. The van der Waals surface area contributed by atoms with Crippen LogP contribution in [0.5, 0.6) is 5.75 Å². The third kappa shape index (κ3) is 3.71. The zero-order valence-electron chi connectivity index (χ0n) is 13.1. The van der Waals surface area contributed by atoms with E-state index < -0.39 is 0 Å². The molecule has 1 aromatic carbocycles. The van der Waals surface area contributed by atoms with Crippen molar-refractivity contribution < 1.29 is 9.53 Å². The molecule has 116 valence electrons. The van der Waals surface area contributed by atoms with E-state index in [1.165, 1.54) is 0 Å². The van der Waals surface area contributed by atoms with Gasteiger partial charge in [0.05, 0.1) is 12.4 Å². The molecule has 5 heteroatoms. The minimum atomic E-state index is -0.000961. The molecule has 0 spiro atoms. The van der Waals surface area contributed by atoms with Crippen molar-refractivity contribution >= 4 is 17.7 Å². The lowest BCUT2D eigenvalue weighted by Gasteiger charge is -2.26. The van der Waals surface area contributed by atoms with Gasteiger partial charge < -0.3 is 15.0 Å². The zero-order chi connectivity index (χ0) is 15.4. The van der Waals surface area contributed by atoms with Gasteiger partial charge in [-0.1, -0.05) is 32.0 Å². The second kappa shape index (κ2) is 7.18. The minimum absolute atomic E-state index is 0.000961. The average Bonchev–Trinajstić information content (AvgIpc) is 2.75. The molecular weight excluding hydrogens is 284 g/mol. The Hall–Kier alpha value is -1.20. The van der Waals surface area contributed by atoms with Crippen LogP contribution in [-0.4, -0.2) is 42.3 Å². The van der Waals surface area contributed by atoms with E-state index in [-0.39, 0.29) is 16.5 Å². The third-order valence-corrected chi connectivity index (χ3v) is 4.93. The van der Waals surface area contributed by atoms with Gasteiger partial charge in [-0.3, -0.25) is 4.79 Å². The summed E-state index contributed by atoms with van der Waals surface area (Å²) < 4.78 is 5.45. The van der Waals surface area contributed by atoms with E-state index >= 15 is 0 Å². The summed E-state index contributed by atoms with van der Waals surface area (Å²) in [6, 6.07) is 8.38.